The Bertz CT molecular complexity index is 768. The van der Waals surface area contributed by atoms with Gasteiger partial charge in [-0.3, -0.25) is 14.5 Å². The summed E-state index contributed by atoms with van der Waals surface area (Å²) in [5, 5.41) is 0.839. The van der Waals surface area contributed by atoms with Crippen LogP contribution in [0.4, 0.5) is 0 Å². The number of hydrogen-bond donors (Lipinski definition) is 0. The molecule has 0 bridgehead atoms. The zero-order valence-corrected chi connectivity index (χ0v) is 15.5. The van der Waals surface area contributed by atoms with Gasteiger partial charge in [0.1, 0.15) is 5.70 Å². The molecule has 2 heterocycles. The molecule has 7 heteroatoms. The number of benzene rings is 1. The molecule has 0 unspecified atom stereocenters. The fraction of sp³-hybridized carbons (Fsp3) is 0.333. The first-order valence-corrected chi connectivity index (χ1v) is 8.80. The zero-order valence-electron chi connectivity index (χ0n) is 14.0. The average molecular weight is 380 g/mol. The third-order valence-corrected chi connectivity index (χ3v) is 5.02. The highest BCUT2D eigenvalue weighted by atomic mass is 35.5. The van der Waals surface area contributed by atoms with Crippen LogP contribution in [0.2, 0.25) is 10.0 Å². The predicted molar refractivity (Wildman–Crippen MR) is 99.4 cm³/mol. The van der Waals surface area contributed by atoms with Crippen LogP contribution < -0.4 is 0 Å². The Morgan fingerprint density at radius 1 is 1.12 bits per heavy atom. The summed E-state index contributed by atoms with van der Waals surface area (Å²) in [6.45, 7) is 6.83. The van der Waals surface area contributed by atoms with Gasteiger partial charge in [-0.1, -0.05) is 35.3 Å². The third-order valence-electron chi connectivity index (χ3n) is 4.48. The number of halogens is 2. The second-order valence-electron chi connectivity index (χ2n) is 6.15. The minimum absolute atomic E-state index is 0.170. The molecule has 1 fully saturated rings. The maximum Gasteiger partial charge on any atom is 0.278 e. The third kappa shape index (κ3) is 3.32. The van der Waals surface area contributed by atoms with Crippen molar-refractivity contribution in [2.45, 2.75) is 0 Å². The van der Waals surface area contributed by atoms with Gasteiger partial charge in [0.25, 0.3) is 11.8 Å². The molecular formula is C18H19Cl2N3O2. The topological polar surface area (TPSA) is 43.9 Å². The van der Waals surface area contributed by atoms with E-state index < -0.39 is 0 Å². The Balaban J connectivity index is 2.10. The number of nitrogens with zero attached hydrogens (tertiary/aromatic N) is 3. The number of amides is 2. The van der Waals surface area contributed by atoms with Gasteiger partial charge in [-0.15, -0.1) is 6.58 Å². The maximum absolute atomic E-state index is 12.9. The van der Waals surface area contributed by atoms with Gasteiger partial charge in [-0.25, -0.2) is 0 Å². The zero-order chi connectivity index (χ0) is 18.1. The fourth-order valence-electron chi connectivity index (χ4n) is 3.12. The molecule has 132 valence electrons. The van der Waals surface area contributed by atoms with Crippen LogP contribution in [-0.2, 0) is 9.59 Å². The Morgan fingerprint density at radius 3 is 2.40 bits per heavy atom. The summed E-state index contributed by atoms with van der Waals surface area (Å²) in [6, 6.07) is 4.95. The SMILES string of the molecule is C=CCN1C(=O)C(c2ccc(Cl)cc2Cl)=C(N2CCN(C)CC2)C1=O. The minimum Gasteiger partial charge on any atom is -0.364 e. The Morgan fingerprint density at radius 2 is 1.80 bits per heavy atom. The standard InChI is InChI=1S/C18H19Cl2N3O2/c1-3-6-23-17(24)15(13-5-4-12(19)11-14(13)20)16(18(23)25)22-9-7-21(2)8-10-22/h3-5,11H,1,6-10H2,2H3. The maximum atomic E-state index is 12.9. The van der Waals surface area contributed by atoms with E-state index in [0.29, 0.717) is 40.0 Å². The molecule has 0 aliphatic carbocycles. The van der Waals surface area contributed by atoms with Crippen LogP contribution in [0, 0.1) is 0 Å². The summed E-state index contributed by atoms with van der Waals surface area (Å²) in [4.78, 5) is 31.2. The van der Waals surface area contributed by atoms with Gasteiger partial charge in [0.15, 0.2) is 0 Å². The van der Waals surface area contributed by atoms with E-state index in [2.05, 4.69) is 11.5 Å². The van der Waals surface area contributed by atoms with Gasteiger partial charge in [0.05, 0.1) is 10.6 Å². The molecule has 25 heavy (non-hydrogen) atoms. The molecular weight excluding hydrogens is 361 g/mol. The van der Waals surface area contributed by atoms with Crippen molar-refractivity contribution in [3.63, 3.8) is 0 Å². The molecule has 0 aromatic heterocycles. The first-order valence-electron chi connectivity index (χ1n) is 8.04. The van der Waals surface area contributed by atoms with E-state index in [1.807, 2.05) is 11.9 Å². The van der Waals surface area contributed by atoms with Crippen molar-refractivity contribution >= 4 is 40.6 Å². The van der Waals surface area contributed by atoms with Crippen molar-refractivity contribution < 1.29 is 9.59 Å². The minimum atomic E-state index is -0.344. The van der Waals surface area contributed by atoms with Gasteiger partial charge in [0.2, 0.25) is 0 Å². The molecule has 3 rings (SSSR count). The van der Waals surface area contributed by atoms with Crippen molar-refractivity contribution in [2.24, 2.45) is 0 Å². The Kier molecular flexibility index (Phi) is 5.18. The van der Waals surface area contributed by atoms with Crippen molar-refractivity contribution in [3.05, 3.63) is 52.2 Å². The molecule has 0 N–H and O–H groups in total. The molecule has 1 aromatic carbocycles. The molecule has 0 radical (unpaired) electrons. The number of imide groups is 1. The first kappa shape index (κ1) is 18.0. The average Bonchev–Trinajstić information content (AvgIpc) is 2.81. The second kappa shape index (κ2) is 7.20. The van der Waals surface area contributed by atoms with Crippen molar-refractivity contribution in [1.82, 2.24) is 14.7 Å². The molecule has 0 saturated carbocycles. The van der Waals surface area contributed by atoms with E-state index in [0.717, 1.165) is 13.1 Å². The Labute approximate surface area is 157 Å². The van der Waals surface area contributed by atoms with E-state index in [1.54, 1.807) is 24.3 Å². The van der Waals surface area contributed by atoms with Crippen LogP contribution in [0.5, 0.6) is 0 Å². The predicted octanol–water partition coefficient (Wildman–Crippen LogP) is 2.51. The van der Waals surface area contributed by atoms with Crippen LogP contribution in [0.1, 0.15) is 5.56 Å². The number of rotatable bonds is 4. The fourth-order valence-corrected chi connectivity index (χ4v) is 3.62. The van der Waals surface area contributed by atoms with Crippen molar-refractivity contribution in [3.8, 4) is 0 Å². The van der Waals surface area contributed by atoms with E-state index in [-0.39, 0.29) is 18.4 Å². The van der Waals surface area contributed by atoms with Gasteiger partial charge < -0.3 is 9.80 Å². The largest absolute Gasteiger partial charge is 0.364 e. The number of piperazine rings is 1. The van der Waals surface area contributed by atoms with Gasteiger partial charge in [0, 0.05) is 43.3 Å². The molecule has 1 aromatic rings. The molecule has 1 saturated heterocycles. The highest BCUT2D eigenvalue weighted by Crippen LogP contribution is 2.36. The molecule has 2 amide bonds. The lowest BCUT2D eigenvalue weighted by molar-refractivity contribution is -0.137. The summed E-state index contributed by atoms with van der Waals surface area (Å²) in [5.74, 6) is -0.640. The lowest BCUT2D eigenvalue weighted by atomic mass is 10.0. The number of likely N-dealkylation sites (N-methyl/N-ethyl adjacent to an activating group) is 1. The van der Waals surface area contributed by atoms with Crippen LogP contribution in [0.3, 0.4) is 0 Å². The monoisotopic (exact) mass is 379 g/mol. The first-order chi connectivity index (χ1) is 11.9. The van der Waals surface area contributed by atoms with E-state index in [4.69, 9.17) is 23.2 Å². The van der Waals surface area contributed by atoms with E-state index in [9.17, 15) is 9.59 Å². The van der Waals surface area contributed by atoms with Crippen LogP contribution >= 0.6 is 23.2 Å². The molecule has 0 atom stereocenters. The van der Waals surface area contributed by atoms with Gasteiger partial charge in [-0.05, 0) is 19.2 Å². The smallest absolute Gasteiger partial charge is 0.278 e. The van der Waals surface area contributed by atoms with Crippen molar-refractivity contribution in [2.75, 3.05) is 39.8 Å². The molecule has 2 aliphatic heterocycles. The number of hydrogen-bond acceptors (Lipinski definition) is 4. The number of carbonyl (C=O) groups is 2. The Hall–Kier alpha value is -1.82. The normalized spacial score (nSPS) is 19.2. The van der Waals surface area contributed by atoms with Gasteiger partial charge >= 0.3 is 0 Å². The number of carbonyl (C=O) groups excluding carboxylic acids is 2. The highest BCUT2D eigenvalue weighted by Gasteiger charge is 2.42. The summed E-state index contributed by atoms with van der Waals surface area (Å²) in [6.07, 6.45) is 1.55. The van der Waals surface area contributed by atoms with Crippen LogP contribution in [0.15, 0.2) is 36.6 Å². The molecule has 0 spiro atoms. The van der Waals surface area contributed by atoms with E-state index in [1.165, 1.54) is 4.90 Å². The second-order valence-corrected chi connectivity index (χ2v) is 6.99. The van der Waals surface area contributed by atoms with Crippen LogP contribution in [0.25, 0.3) is 5.57 Å². The summed E-state index contributed by atoms with van der Waals surface area (Å²) in [7, 11) is 2.04. The van der Waals surface area contributed by atoms with Crippen molar-refractivity contribution in [1.29, 1.82) is 0 Å². The summed E-state index contributed by atoms with van der Waals surface area (Å²) < 4.78 is 0. The summed E-state index contributed by atoms with van der Waals surface area (Å²) in [5.41, 5.74) is 1.30. The summed E-state index contributed by atoms with van der Waals surface area (Å²) >= 11 is 12.3. The van der Waals surface area contributed by atoms with E-state index >= 15 is 0 Å². The lowest BCUT2D eigenvalue weighted by Gasteiger charge is -2.34. The van der Waals surface area contributed by atoms with Crippen LogP contribution in [-0.4, -0.2) is 66.3 Å². The van der Waals surface area contributed by atoms with Gasteiger partial charge in [-0.2, -0.15) is 0 Å². The lowest BCUT2D eigenvalue weighted by Crippen LogP contribution is -2.46. The molecule has 2 aliphatic rings. The highest BCUT2D eigenvalue weighted by molar-refractivity contribution is 6.41. The molecule has 5 nitrogen and oxygen atoms in total. The quantitative estimate of drug-likeness (QED) is 0.595.